The van der Waals surface area contributed by atoms with Crippen LogP contribution in [0.4, 0.5) is 0 Å². The number of benzene rings is 2. The van der Waals surface area contributed by atoms with E-state index < -0.39 is 0 Å². The average molecular weight is 255 g/mol. The summed E-state index contributed by atoms with van der Waals surface area (Å²) >= 11 is 1.65. The van der Waals surface area contributed by atoms with Crippen LogP contribution < -0.4 is 0 Å². The van der Waals surface area contributed by atoms with Gasteiger partial charge in [-0.1, -0.05) is 77.1 Å². The first-order valence-corrected chi connectivity index (χ1v) is 6.73. The summed E-state index contributed by atoms with van der Waals surface area (Å²) in [6.45, 7) is 2.08. The molecule has 0 saturated carbocycles. The molecule has 2 aromatic carbocycles. The maximum Gasteiger partial charge on any atom is 0.204 e. The number of thioether (sulfide) groups is 1. The van der Waals surface area contributed by atoms with Crippen molar-refractivity contribution < 1.29 is 4.84 Å². The highest BCUT2D eigenvalue weighted by Gasteiger charge is 2.24. The van der Waals surface area contributed by atoms with Crippen molar-refractivity contribution in [2.45, 2.75) is 12.4 Å². The number of hydrogen-bond acceptors (Lipinski definition) is 3. The lowest BCUT2D eigenvalue weighted by Crippen LogP contribution is -1.94. The predicted octanol–water partition coefficient (Wildman–Crippen LogP) is 4.12. The van der Waals surface area contributed by atoms with Gasteiger partial charge in [-0.3, -0.25) is 0 Å². The third-order valence-corrected chi connectivity index (χ3v) is 3.93. The van der Waals surface area contributed by atoms with Crippen LogP contribution in [-0.2, 0) is 4.84 Å². The molecule has 3 heteroatoms. The Morgan fingerprint density at radius 1 is 1.00 bits per heavy atom. The van der Waals surface area contributed by atoms with E-state index in [1.54, 1.807) is 11.8 Å². The predicted molar refractivity (Wildman–Crippen MR) is 75.6 cm³/mol. The van der Waals surface area contributed by atoms with Gasteiger partial charge >= 0.3 is 0 Å². The first kappa shape index (κ1) is 11.4. The lowest BCUT2D eigenvalue weighted by molar-refractivity contribution is 0.131. The molecule has 0 aromatic heterocycles. The van der Waals surface area contributed by atoms with Crippen LogP contribution in [0.25, 0.3) is 0 Å². The Labute approximate surface area is 111 Å². The van der Waals surface area contributed by atoms with Crippen molar-refractivity contribution in [1.29, 1.82) is 0 Å². The third kappa shape index (κ3) is 2.27. The van der Waals surface area contributed by atoms with Gasteiger partial charge in [0.1, 0.15) is 5.04 Å². The summed E-state index contributed by atoms with van der Waals surface area (Å²) < 4.78 is 0. The highest BCUT2D eigenvalue weighted by molar-refractivity contribution is 8.14. The molecule has 18 heavy (non-hydrogen) atoms. The van der Waals surface area contributed by atoms with E-state index in [0.29, 0.717) is 0 Å². The van der Waals surface area contributed by atoms with Crippen molar-refractivity contribution >= 4 is 16.8 Å². The van der Waals surface area contributed by atoms with Gasteiger partial charge in [-0.05, 0) is 6.92 Å². The maximum atomic E-state index is 5.49. The van der Waals surface area contributed by atoms with Gasteiger partial charge in [0.05, 0.1) is 0 Å². The molecule has 1 unspecified atom stereocenters. The van der Waals surface area contributed by atoms with Crippen LogP contribution in [-0.4, -0.2) is 5.04 Å². The summed E-state index contributed by atoms with van der Waals surface area (Å²) in [5, 5.41) is 5.12. The topological polar surface area (TPSA) is 21.6 Å². The molecule has 0 bridgehead atoms. The maximum absolute atomic E-state index is 5.49. The standard InChI is InChI=1S/C15H13NOS/c1-11-7-9-12(10-8-11)14-16-17-15(18-14)13-5-3-2-4-6-13/h2-10,15H,1H3. The van der Waals surface area contributed by atoms with Crippen LogP contribution in [0.15, 0.2) is 59.8 Å². The van der Waals surface area contributed by atoms with Crippen molar-refractivity contribution in [2.24, 2.45) is 5.16 Å². The largest absolute Gasteiger partial charge is 0.375 e. The second-order valence-corrected chi connectivity index (χ2v) is 5.28. The summed E-state index contributed by atoms with van der Waals surface area (Å²) in [5.74, 6) is 0. The van der Waals surface area contributed by atoms with E-state index in [9.17, 15) is 0 Å². The molecular weight excluding hydrogens is 242 g/mol. The van der Waals surface area contributed by atoms with Gasteiger partial charge < -0.3 is 4.84 Å². The fraction of sp³-hybridized carbons (Fsp3) is 0.133. The van der Waals surface area contributed by atoms with Crippen molar-refractivity contribution in [2.75, 3.05) is 0 Å². The molecule has 1 heterocycles. The summed E-state index contributed by atoms with van der Waals surface area (Å²) in [6, 6.07) is 18.5. The molecule has 0 N–H and O–H groups in total. The van der Waals surface area contributed by atoms with E-state index in [1.165, 1.54) is 5.56 Å². The second kappa shape index (κ2) is 4.86. The molecule has 1 atom stereocenters. The molecule has 0 aliphatic carbocycles. The minimum absolute atomic E-state index is 0.0255. The number of oxime groups is 1. The first-order valence-electron chi connectivity index (χ1n) is 5.85. The number of hydrogen-bond donors (Lipinski definition) is 0. The Morgan fingerprint density at radius 3 is 2.44 bits per heavy atom. The summed E-state index contributed by atoms with van der Waals surface area (Å²) in [5.41, 5.74) is 3.49. The molecule has 2 aromatic rings. The first-order chi connectivity index (χ1) is 8.83. The highest BCUT2D eigenvalue weighted by atomic mass is 32.2. The van der Waals surface area contributed by atoms with Crippen molar-refractivity contribution in [3.8, 4) is 0 Å². The Balaban J connectivity index is 1.77. The zero-order valence-electron chi connectivity index (χ0n) is 10.0. The quantitative estimate of drug-likeness (QED) is 0.805. The number of rotatable bonds is 2. The highest BCUT2D eigenvalue weighted by Crippen LogP contribution is 2.38. The average Bonchev–Trinajstić information content (AvgIpc) is 2.90. The molecule has 90 valence electrons. The van der Waals surface area contributed by atoms with Crippen LogP contribution in [0, 0.1) is 6.92 Å². The lowest BCUT2D eigenvalue weighted by atomic mass is 10.2. The molecular formula is C15H13NOS. The monoisotopic (exact) mass is 255 g/mol. The van der Waals surface area contributed by atoms with E-state index in [2.05, 4.69) is 48.5 Å². The zero-order chi connectivity index (χ0) is 12.4. The van der Waals surface area contributed by atoms with Gasteiger partial charge in [0.15, 0.2) is 0 Å². The van der Waals surface area contributed by atoms with Crippen LogP contribution in [0.3, 0.4) is 0 Å². The molecule has 1 aliphatic heterocycles. The molecule has 1 aliphatic rings. The van der Waals surface area contributed by atoms with Gasteiger partial charge in [0.2, 0.25) is 5.44 Å². The van der Waals surface area contributed by atoms with E-state index in [4.69, 9.17) is 4.84 Å². The number of nitrogens with zero attached hydrogens (tertiary/aromatic N) is 1. The van der Waals surface area contributed by atoms with Crippen molar-refractivity contribution in [3.63, 3.8) is 0 Å². The Kier molecular flexibility index (Phi) is 3.07. The zero-order valence-corrected chi connectivity index (χ0v) is 10.9. The molecule has 0 spiro atoms. The minimum atomic E-state index is -0.0255. The second-order valence-electron chi connectivity index (χ2n) is 4.23. The molecule has 0 radical (unpaired) electrons. The Hall–Kier alpha value is -1.74. The van der Waals surface area contributed by atoms with Gasteiger partial charge in [-0.2, -0.15) is 0 Å². The molecule has 0 fully saturated rings. The summed E-state index contributed by atoms with van der Waals surface area (Å²) in [6.07, 6.45) is 0. The van der Waals surface area contributed by atoms with Crippen LogP contribution in [0.5, 0.6) is 0 Å². The van der Waals surface area contributed by atoms with Crippen LogP contribution in [0.1, 0.15) is 22.1 Å². The molecule has 3 rings (SSSR count). The molecule has 2 nitrogen and oxygen atoms in total. The van der Waals surface area contributed by atoms with Gasteiger partial charge in [-0.15, -0.1) is 0 Å². The van der Waals surface area contributed by atoms with Crippen LogP contribution in [0.2, 0.25) is 0 Å². The fourth-order valence-electron chi connectivity index (χ4n) is 1.80. The third-order valence-electron chi connectivity index (χ3n) is 2.82. The van der Waals surface area contributed by atoms with E-state index >= 15 is 0 Å². The van der Waals surface area contributed by atoms with Gasteiger partial charge in [0.25, 0.3) is 0 Å². The van der Waals surface area contributed by atoms with E-state index in [-0.39, 0.29) is 5.44 Å². The SMILES string of the molecule is Cc1ccc(C2=NOC(c3ccccc3)S2)cc1. The van der Waals surface area contributed by atoms with E-state index in [0.717, 1.165) is 16.2 Å². The Bertz CT molecular complexity index is 563. The van der Waals surface area contributed by atoms with Gasteiger partial charge in [0, 0.05) is 11.1 Å². The fourth-order valence-corrected chi connectivity index (χ4v) is 2.74. The Morgan fingerprint density at radius 2 is 1.72 bits per heavy atom. The van der Waals surface area contributed by atoms with E-state index in [1.807, 2.05) is 18.2 Å². The van der Waals surface area contributed by atoms with Crippen molar-refractivity contribution in [1.82, 2.24) is 0 Å². The summed E-state index contributed by atoms with van der Waals surface area (Å²) in [7, 11) is 0. The normalized spacial score (nSPS) is 18.3. The van der Waals surface area contributed by atoms with Gasteiger partial charge in [-0.25, -0.2) is 0 Å². The van der Waals surface area contributed by atoms with Crippen LogP contribution >= 0.6 is 11.8 Å². The molecule has 0 amide bonds. The smallest absolute Gasteiger partial charge is 0.204 e. The lowest BCUT2D eigenvalue weighted by Gasteiger charge is -2.06. The minimum Gasteiger partial charge on any atom is -0.375 e. The number of aryl methyl sites for hydroxylation is 1. The van der Waals surface area contributed by atoms with Crippen molar-refractivity contribution in [3.05, 3.63) is 71.3 Å². The summed E-state index contributed by atoms with van der Waals surface area (Å²) in [4.78, 5) is 5.49. The molecule has 0 saturated heterocycles.